The molecule has 3 aromatic carbocycles. The zero-order chi connectivity index (χ0) is 16.3. The van der Waals surface area contributed by atoms with E-state index in [1.807, 2.05) is 12.3 Å². The smallest absolute Gasteiger partial charge is 0.146 e. The van der Waals surface area contributed by atoms with Crippen molar-refractivity contribution in [3.8, 4) is 5.75 Å². The molecule has 2 heterocycles. The summed E-state index contributed by atoms with van der Waals surface area (Å²) < 4.78 is 8.51. The van der Waals surface area contributed by atoms with Gasteiger partial charge in [-0.3, -0.25) is 4.40 Å². The highest BCUT2D eigenvalue weighted by Crippen LogP contribution is 2.35. The number of hydrogen-bond acceptors (Lipinski definition) is 2. The van der Waals surface area contributed by atoms with Crippen LogP contribution in [0.5, 0.6) is 5.75 Å². The molecule has 0 amide bonds. The van der Waals surface area contributed by atoms with Gasteiger partial charge in [0.15, 0.2) is 0 Å². The fraction of sp³-hybridized carbons (Fsp3) is 0.0500. The van der Waals surface area contributed by atoms with Crippen molar-refractivity contribution in [1.82, 2.24) is 9.38 Å². The summed E-state index contributed by atoms with van der Waals surface area (Å²) in [5.41, 5.74) is 2.07. The molecule has 2 aromatic heterocycles. The van der Waals surface area contributed by atoms with E-state index >= 15 is 0 Å². The van der Waals surface area contributed by atoms with Gasteiger partial charge < -0.3 is 4.74 Å². The van der Waals surface area contributed by atoms with E-state index in [1.165, 1.54) is 21.5 Å². The van der Waals surface area contributed by atoms with Crippen LogP contribution in [-0.2, 0) is 0 Å². The molecule has 0 aliphatic heterocycles. The Labute approximate surface area is 146 Å². The number of benzene rings is 3. The van der Waals surface area contributed by atoms with Gasteiger partial charge in [-0.15, -0.1) is 0 Å². The molecule has 5 aromatic rings. The maximum absolute atomic E-state index is 5.41. The minimum absolute atomic E-state index is 0.837. The number of imidazole rings is 1. The number of methoxy groups -OCH3 is 1. The van der Waals surface area contributed by atoms with E-state index in [0.29, 0.717) is 0 Å². The highest BCUT2D eigenvalue weighted by molar-refractivity contribution is 9.10. The lowest BCUT2D eigenvalue weighted by atomic mass is 10.0. The molecular weight excluding hydrogens is 364 g/mol. The van der Waals surface area contributed by atoms with Crippen LogP contribution in [-0.4, -0.2) is 16.5 Å². The van der Waals surface area contributed by atoms with Crippen molar-refractivity contribution in [3.63, 3.8) is 0 Å². The Morgan fingerprint density at radius 1 is 0.917 bits per heavy atom. The molecule has 0 saturated heterocycles. The quantitative estimate of drug-likeness (QED) is 0.282. The summed E-state index contributed by atoms with van der Waals surface area (Å²) >= 11 is 3.64. The number of aromatic nitrogens is 2. The summed E-state index contributed by atoms with van der Waals surface area (Å²) in [6.45, 7) is 0. The lowest BCUT2D eigenvalue weighted by Crippen LogP contribution is -1.93. The summed E-state index contributed by atoms with van der Waals surface area (Å²) in [6.07, 6.45) is 1.85. The lowest BCUT2D eigenvalue weighted by Gasteiger charge is -2.11. The summed E-state index contributed by atoms with van der Waals surface area (Å²) in [5, 5.41) is 5.93. The van der Waals surface area contributed by atoms with Crippen LogP contribution in [0.1, 0.15) is 0 Å². The van der Waals surface area contributed by atoms with E-state index in [2.05, 4.69) is 73.8 Å². The minimum Gasteiger partial charge on any atom is -0.497 e. The van der Waals surface area contributed by atoms with Crippen molar-refractivity contribution in [1.29, 1.82) is 0 Å². The molecule has 0 bridgehead atoms. The molecule has 0 radical (unpaired) electrons. The molecule has 4 heteroatoms. The standard InChI is InChI=1S/C20H13BrN2O/c1-24-14-6-7-15-16-8-12-4-2-3-5-13(12)9-18(16)23-19(21)11-22-20(23)17(15)10-14/h2-11H,1H3. The third-order valence-corrected chi connectivity index (χ3v) is 5.14. The second-order valence-electron chi connectivity index (χ2n) is 5.87. The van der Waals surface area contributed by atoms with E-state index in [0.717, 1.165) is 26.9 Å². The predicted octanol–water partition coefficient (Wildman–Crippen LogP) is 5.57. The number of nitrogens with zero attached hydrogens (tertiary/aromatic N) is 2. The molecule has 3 nitrogen and oxygen atoms in total. The Hall–Kier alpha value is -2.59. The van der Waals surface area contributed by atoms with Crippen molar-refractivity contribution in [2.24, 2.45) is 0 Å². The van der Waals surface area contributed by atoms with Crippen LogP contribution < -0.4 is 4.74 Å². The lowest BCUT2D eigenvalue weighted by molar-refractivity contribution is 0.415. The van der Waals surface area contributed by atoms with E-state index in [-0.39, 0.29) is 0 Å². The average Bonchev–Trinajstić information content (AvgIpc) is 3.02. The van der Waals surface area contributed by atoms with E-state index in [9.17, 15) is 0 Å². The molecule has 0 fully saturated rings. The van der Waals surface area contributed by atoms with Gasteiger partial charge in [0.25, 0.3) is 0 Å². The Bertz CT molecular complexity index is 1260. The van der Waals surface area contributed by atoms with Gasteiger partial charge in [0.2, 0.25) is 0 Å². The van der Waals surface area contributed by atoms with Gasteiger partial charge in [0, 0.05) is 10.8 Å². The van der Waals surface area contributed by atoms with Crippen molar-refractivity contribution in [2.45, 2.75) is 0 Å². The normalized spacial score (nSPS) is 11.8. The Morgan fingerprint density at radius 3 is 2.50 bits per heavy atom. The van der Waals surface area contributed by atoms with Gasteiger partial charge in [-0.1, -0.05) is 24.3 Å². The molecule has 0 atom stereocenters. The first-order chi connectivity index (χ1) is 11.8. The summed E-state index contributed by atoms with van der Waals surface area (Å²) in [7, 11) is 1.69. The zero-order valence-corrected chi connectivity index (χ0v) is 14.5. The average molecular weight is 377 g/mol. The first-order valence-corrected chi connectivity index (χ1v) is 8.51. The number of fused-ring (bicyclic) bond motifs is 7. The third kappa shape index (κ3) is 1.80. The highest BCUT2D eigenvalue weighted by atomic mass is 79.9. The minimum atomic E-state index is 0.837. The monoisotopic (exact) mass is 376 g/mol. The van der Waals surface area contributed by atoms with Crippen LogP contribution in [0.2, 0.25) is 0 Å². The zero-order valence-electron chi connectivity index (χ0n) is 13.0. The summed E-state index contributed by atoms with van der Waals surface area (Å²) in [6, 6.07) is 19.1. The SMILES string of the molecule is COc1ccc2c3cc4ccccc4cc3n3c(Br)cnc3c2c1. The van der Waals surface area contributed by atoms with Gasteiger partial charge in [0.05, 0.1) is 18.8 Å². The fourth-order valence-electron chi connectivity index (χ4n) is 3.45. The van der Waals surface area contributed by atoms with Crippen LogP contribution in [0.4, 0.5) is 0 Å². The predicted molar refractivity (Wildman–Crippen MR) is 102 cm³/mol. The van der Waals surface area contributed by atoms with Gasteiger partial charge in [0.1, 0.15) is 16.0 Å². The first-order valence-electron chi connectivity index (χ1n) is 7.71. The van der Waals surface area contributed by atoms with Crippen molar-refractivity contribution < 1.29 is 4.74 Å². The van der Waals surface area contributed by atoms with Gasteiger partial charge >= 0.3 is 0 Å². The summed E-state index contributed by atoms with van der Waals surface area (Å²) in [5.74, 6) is 0.837. The molecule has 0 N–H and O–H groups in total. The van der Waals surface area contributed by atoms with E-state index in [4.69, 9.17) is 4.74 Å². The molecule has 0 aliphatic rings. The number of hydrogen-bond donors (Lipinski definition) is 0. The molecule has 0 saturated carbocycles. The molecule has 0 unspecified atom stereocenters. The van der Waals surface area contributed by atoms with Gasteiger partial charge in [-0.25, -0.2) is 4.98 Å². The molecular formula is C20H13BrN2O. The summed E-state index contributed by atoms with van der Waals surface area (Å²) in [4.78, 5) is 4.61. The van der Waals surface area contributed by atoms with Crippen LogP contribution in [0.3, 0.4) is 0 Å². The van der Waals surface area contributed by atoms with Gasteiger partial charge in [-0.05, 0) is 62.4 Å². The molecule has 116 valence electrons. The molecule has 0 spiro atoms. The number of halogens is 1. The Morgan fingerprint density at radius 2 is 1.71 bits per heavy atom. The van der Waals surface area contributed by atoms with Crippen LogP contribution >= 0.6 is 15.9 Å². The first kappa shape index (κ1) is 13.8. The molecule has 24 heavy (non-hydrogen) atoms. The largest absolute Gasteiger partial charge is 0.497 e. The van der Waals surface area contributed by atoms with Gasteiger partial charge in [-0.2, -0.15) is 0 Å². The third-order valence-electron chi connectivity index (χ3n) is 4.58. The van der Waals surface area contributed by atoms with Crippen molar-refractivity contribution >= 4 is 54.0 Å². The van der Waals surface area contributed by atoms with Crippen molar-refractivity contribution in [2.75, 3.05) is 7.11 Å². The van der Waals surface area contributed by atoms with E-state index < -0.39 is 0 Å². The number of rotatable bonds is 1. The maximum Gasteiger partial charge on any atom is 0.146 e. The van der Waals surface area contributed by atoms with E-state index in [1.54, 1.807) is 7.11 Å². The molecule has 5 rings (SSSR count). The van der Waals surface area contributed by atoms with Crippen LogP contribution in [0.25, 0.3) is 38.1 Å². The van der Waals surface area contributed by atoms with Crippen LogP contribution in [0.15, 0.2) is 65.4 Å². The maximum atomic E-state index is 5.41. The highest BCUT2D eigenvalue weighted by Gasteiger charge is 2.13. The number of pyridine rings is 1. The Kier molecular flexibility index (Phi) is 2.85. The van der Waals surface area contributed by atoms with Crippen molar-refractivity contribution in [3.05, 3.63) is 65.4 Å². The second kappa shape index (κ2) is 4.95. The topological polar surface area (TPSA) is 26.5 Å². The second-order valence-corrected chi connectivity index (χ2v) is 6.68. The Balaban J connectivity index is 2.11. The number of ether oxygens (including phenoxy) is 1. The fourth-order valence-corrected chi connectivity index (χ4v) is 3.91. The van der Waals surface area contributed by atoms with Crippen LogP contribution in [0, 0.1) is 0 Å². The molecule has 0 aliphatic carbocycles.